The van der Waals surface area contributed by atoms with Gasteiger partial charge in [0.2, 0.25) is 0 Å². The SMILES string of the molecule is Cl.c1cc(C2CNCCN2CC2CCCOC2)ccn1. The first-order valence-corrected chi connectivity index (χ1v) is 7.36. The second-order valence-electron chi connectivity index (χ2n) is 5.58. The molecule has 1 N–H and O–H groups in total. The highest BCUT2D eigenvalue weighted by molar-refractivity contribution is 5.85. The maximum Gasteiger partial charge on any atom is 0.0506 e. The first-order chi connectivity index (χ1) is 9.43. The lowest BCUT2D eigenvalue weighted by Crippen LogP contribution is -2.48. The quantitative estimate of drug-likeness (QED) is 0.924. The van der Waals surface area contributed by atoms with Gasteiger partial charge >= 0.3 is 0 Å². The summed E-state index contributed by atoms with van der Waals surface area (Å²) in [7, 11) is 0. The first kappa shape index (κ1) is 15.7. The number of aromatic nitrogens is 1. The van der Waals surface area contributed by atoms with Crippen LogP contribution < -0.4 is 5.32 Å². The smallest absolute Gasteiger partial charge is 0.0506 e. The molecule has 0 radical (unpaired) electrons. The lowest BCUT2D eigenvalue weighted by Gasteiger charge is -2.39. The molecule has 0 aliphatic carbocycles. The maximum absolute atomic E-state index is 5.61. The molecule has 112 valence electrons. The van der Waals surface area contributed by atoms with Gasteiger partial charge < -0.3 is 10.1 Å². The summed E-state index contributed by atoms with van der Waals surface area (Å²) < 4.78 is 5.61. The van der Waals surface area contributed by atoms with Crippen molar-refractivity contribution in [2.24, 2.45) is 5.92 Å². The largest absolute Gasteiger partial charge is 0.381 e. The van der Waals surface area contributed by atoms with Crippen LogP contribution in [0.4, 0.5) is 0 Å². The van der Waals surface area contributed by atoms with Crippen molar-refractivity contribution >= 4 is 12.4 Å². The molecule has 1 aromatic heterocycles. The molecule has 2 saturated heterocycles. The first-order valence-electron chi connectivity index (χ1n) is 7.36. The molecule has 2 aliphatic heterocycles. The average Bonchev–Trinajstić information content (AvgIpc) is 2.50. The van der Waals surface area contributed by atoms with Gasteiger partial charge in [-0.3, -0.25) is 9.88 Å². The lowest BCUT2D eigenvalue weighted by molar-refractivity contribution is 0.0265. The minimum atomic E-state index is 0. The molecule has 0 bridgehead atoms. The highest BCUT2D eigenvalue weighted by atomic mass is 35.5. The minimum absolute atomic E-state index is 0. The second-order valence-corrected chi connectivity index (χ2v) is 5.58. The Kier molecular flexibility index (Phi) is 6.23. The van der Waals surface area contributed by atoms with Crippen LogP contribution >= 0.6 is 12.4 Å². The number of hydrogen-bond acceptors (Lipinski definition) is 4. The van der Waals surface area contributed by atoms with E-state index in [9.17, 15) is 0 Å². The average molecular weight is 298 g/mol. The zero-order chi connectivity index (χ0) is 12.9. The van der Waals surface area contributed by atoms with Gasteiger partial charge in [0.25, 0.3) is 0 Å². The van der Waals surface area contributed by atoms with Gasteiger partial charge in [0.1, 0.15) is 0 Å². The minimum Gasteiger partial charge on any atom is -0.381 e. The molecule has 2 atom stereocenters. The van der Waals surface area contributed by atoms with Crippen LogP contribution in [0.15, 0.2) is 24.5 Å². The van der Waals surface area contributed by atoms with Crippen molar-refractivity contribution < 1.29 is 4.74 Å². The molecule has 5 heteroatoms. The fraction of sp³-hybridized carbons (Fsp3) is 0.667. The van der Waals surface area contributed by atoms with Gasteiger partial charge in [-0.15, -0.1) is 12.4 Å². The summed E-state index contributed by atoms with van der Waals surface area (Å²) in [6.07, 6.45) is 6.32. The van der Waals surface area contributed by atoms with Crippen molar-refractivity contribution in [3.8, 4) is 0 Å². The van der Waals surface area contributed by atoms with Gasteiger partial charge in [-0.05, 0) is 36.5 Å². The van der Waals surface area contributed by atoms with E-state index < -0.39 is 0 Å². The summed E-state index contributed by atoms with van der Waals surface area (Å²) in [5.74, 6) is 0.705. The van der Waals surface area contributed by atoms with Crippen molar-refractivity contribution in [2.75, 3.05) is 39.4 Å². The molecule has 3 heterocycles. The number of nitrogens with zero attached hydrogens (tertiary/aromatic N) is 2. The normalized spacial score (nSPS) is 27.8. The van der Waals surface area contributed by atoms with Crippen molar-refractivity contribution in [3.05, 3.63) is 30.1 Å². The Labute approximate surface area is 127 Å². The standard InChI is InChI=1S/C15H23N3O.ClH/c1-2-13(12-19-9-1)11-18-8-7-17-10-15(18)14-3-5-16-6-4-14;/h3-6,13,15,17H,1-2,7-12H2;1H. The van der Waals surface area contributed by atoms with Gasteiger partial charge in [-0.25, -0.2) is 0 Å². The van der Waals surface area contributed by atoms with E-state index in [2.05, 4.69) is 27.3 Å². The van der Waals surface area contributed by atoms with Crippen LogP contribution in [0.5, 0.6) is 0 Å². The van der Waals surface area contributed by atoms with Crippen LogP contribution in [0.1, 0.15) is 24.4 Å². The molecule has 2 unspecified atom stereocenters. The van der Waals surface area contributed by atoms with Crippen LogP contribution in [0.25, 0.3) is 0 Å². The molecular formula is C15H24ClN3O. The van der Waals surface area contributed by atoms with Crippen LogP contribution in [0.2, 0.25) is 0 Å². The van der Waals surface area contributed by atoms with E-state index in [1.54, 1.807) is 0 Å². The summed E-state index contributed by atoms with van der Waals surface area (Å²) in [5, 5.41) is 3.51. The maximum atomic E-state index is 5.61. The third-order valence-electron chi connectivity index (χ3n) is 4.19. The molecule has 0 aromatic carbocycles. The number of pyridine rings is 1. The molecule has 1 aromatic rings. The summed E-state index contributed by atoms with van der Waals surface area (Å²) in [4.78, 5) is 6.74. The van der Waals surface area contributed by atoms with Gasteiger partial charge in [-0.2, -0.15) is 0 Å². The Bertz CT molecular complexity index is 384. The van der Waals surface area contributed by atoms with Gasteiger partial charge in [-0.1, -0.05) is 0 Å². The topological polar surface area (TPSA) is 37.4 Å². The van der Waals surface area contributed by atoms with Crippen molar-refractivity contribution in [1.82, 2.24) is 15.2 Å². The summed E-state index contributed by atoms with van der Waals surface area (Å²) in [5.41, 5.74) is 1.37. The monoisotopic (exact) mass is 297 g/mol. The van der Waals surface area contributed by atoms with Crippen LogP contribution in [-0.4, -0.2) is 49.3 Å². The third kappa shape index (κ3) is 3.92. The molecule has 0 amide bonds. The summed E-state index contributed by atoms with van der Waals surface area (Å²) >= 11 is 0. The summed E-state index contributed by atoms with van der Waals surface area (Å²) in [6.45, 7) is 6.31. The number of ether oxygens (including phenoxy) is 1. The number of hydrogen-bond donors (Lipinski definition) is 1. The molecule has 4 nitrogen and oxygen atoms in total. The predicted octanol–water partition coefficient (Wildman–Crippen LogP) is 1.88. The number of piperazine rings is 1. The zero-order valence-corrected chi connectivity index (χ0v) is 12.6. The third-order valence-corrected chi connectivity index (χ3v) is 4.19. The highest BCUT2D eigenvalue weighted by Crippen LogP contribution is 2.24. The van der Waals surface area contributed by atoms with E-state index in [1.807, 2.05) is 12.4 Å². The predicted molar refractivity (Wildman–Crippen MR) is 82.2 cm³/mol. The fourth-order valence-electron chi connectivity index (χ4n) is 3.16. The molecule has 0 saturated carbocycles. The zero-order valence-electron chi connectivity index (χ0n) is 11.8. The van der Waals surface area contributed by atoms with E-state index in [0.29, 0.717) is 12.0 Å². The lowest BCUT2D eigenvalue weighted by atomic mass is 9.98. The Morgan fingerprint density at radius 3 is 2.95 bits per heavy atom. The van der Waals surface area contributed by atoms with E-state index in [-0.39, 0.29) is 12.4 Å². The van der Waals surface area contributed by atoms with Crippen LogP contribution in [0, 0.1) is 5.92 Å². The van der Waals surface area contributed by atoms with E-state index in [4.69, 9.17) is 4.74 Å². The van der Waals surface area contributed by atoms with Crippen molar-refractivity contribution in [2.45, 2.75) is 18.9 Å². The van der Waals surface area contributed by atoms with E-state index in [0.717, 1.165) is 39.4 Å². The Morgan fingerprint density at radius 2 is 2.20 bits per heavy atom. The van der Waals surface area contributed by atoms with Crippen molar-refractivity contribution in [1.29, 1.82) is 0 Å². The molecule has 2 fully saturated rings. The molecule has 3 rings (SSSR count). The highest BCUT2D eigenvalue weighted by Gasteiger charge is 2.26. The van der Waals surface area contributed by atoms with Gasteiger partial charge in [0.05, 0.1) is 6.61 Å². The second kappa shape index (κ2) is 7.93. The van der Waals surface area contributed by atoms with Crippen LogP contribution in [-0.2, 0) is 4.74 Å². The van der Waals surface area contributed by atoms with E-state index >= 15 is 0 Å². The molecule has 0 spiro atoms. The molecular weight excluding hydrogens is 274 g/mol. The fourth-order valence-corrected chi connectivity index (χ4v) is 3.16. The van der Waals surface area contributed by atoms with E-state index in [1.165, 1.54) is 18.4 Å². The van der Waals surface area contributed by atoms with Gasteiger partial charge in [0.15, 0.2) is 0 Å². The molecule has 20 heavy (non-hydrogen) atoms. The number of nitrogens with one attached hydrogen (secondary N) is 1. The Hall–Kier alpha value is -0.680. The van der Waals surface area contributed by atoms with Crippen molar-refractivity contribution in [3.63, 3.8) is 0 Å². The Morgan fingerprint density at radius 1 is 1.35 bits per heavy atom. The Balaban J connectivity index is 0.00000147. The van der Waals surface area contributed by atoms with Crippen LogP contribution in [0.3, 0.4) is 0 Å². The number of halogens is 1. The summed E-state index contributed by atoms with van der Waals surface area (Å²) in [6, 6.07) is 4.77. The molecule has 2 aliphatic rings. The van der Waals surface area contributed by atoms with Gasteiger partial charge in [0, 0.05) is 51.2 Å². The number of rotatable bonds is 3.